The Balaban J connectivity index is 1.65. The van der Waals surface area contributed by atoms with E-state index >= 15 is 0 Å². The molecule has 1 spiro atoms. The summed E-state index contributed by atoms with van der Waals surface area (Å²) >= 11 is 0. The normalized spacial score (nSPS) is 26.0. The molecule has 1 amide bonds. The Bertz CT molecular complexity index is 566. The van der Waals surface area contributed by atoms with E-state index < -0.39 is 0 Å². The van der Waals surface area contributed by atoms with Crippen LogP contribution in [-0.4, -0.2) is 54.9 Å². The molecule has 1 heterocycles. The third kappa shape index (κ3) is 2.83. The van der Waals surface area contributed by atoms with E-state index in [1.54, 1.807) is 13.2 Å². The van der Waals surface area contributed by atoms with E-state index in [1.165, 1.54) is 0 Å². The number of benzene rings is 1. The van der Waals surface area contributed by atoms with Crippen LogP contribution in [0.5, 0.6) is 5.75 Å². The van der Waals surface area contributed by atoms with Gasteiger partial charge < -0.3 is 19.5 Å². The topological polar surface area (TPSA) is 59.0 Å². The van der Waals surface area contributed by atoms with Gasteiger partial charge in [0.25, 0.3) is 5.91 Å². The second kappa shape index (κ2) is 6.49. The van der Waals surface area contributed by atoms with Crippen LogP contribution in [0, 0.1) is 5.41 Å². The molecule has 0 unspecified atom stereocenters. The van der Waals surface area contributed by atoms with Gasteiger partial charge in [-0.2, -0.15) is 0 Å². The van der Waals surface area contributed by atoms with Crippen molar-refractivity contribution in [1.29, 1.82) is 0 Å². The number of methoxy groups -OCH3 is 1. The zero-order valence-electron chi connectivity index (χ0n) is 13.8. The van der Waals surface area contributed by atoms with E-state index in [2.05, 4.69) is 0 Å². The van der Waals surface area contributed by atoms with Crippen LogP contribution in [0.1, 0.15) is 36.5 Å². The smallest absolute Gasteiger partial charge is 0.253 e. The number of nitrogens with zero attached hydrogens (tertiary/aromatic N) is 1. The zero-order chi connectivity index (χ0) is 16.4. The van der Waals surface area contributed by atoms with Crippen LogP contribution in [0.4, 0.5) is 0 Å². The third-order valence-electron chi connectivity index (χ3n) is 5.40. The number of ether oxygens (including phenoxy) is 2. The summed E-state index contributed by atoms with van der Waals surface area (Å²) in [5, 5.41) is 10.2. The second-order valence-corrected chi connectivity index (χ2v) is 6.46. The van der Waals surface area contributed by atoms with Crippen molar-refractivity contribution >= 4 is 5.91 Å². The lowest BCUT2D eigenvalue weighted by Crippen LogP contribution is -2.62. The van der Waals surface area contributed by atoms with Crippen LogP contribution < -0.4 is 4.74 Å². The Kier molecular flexibility index (Phi) is 4.60. The Morgan fingerprint density at radius 3 is 2.74 bits per heavy atom. The van der Waals surface area contributed by atoms with Gasteiger partial charge in [0, 0.05) is 37.6 Å². The molecular formula is C18H25NO4. The molecule has 0 bridgehead atoms. The highest BCUT2D eigenvalue weighted by atomic mass is 16.5. The summed E-state index contributed by atoms with van der Waals surface area (Å²) in [6.07, 6.45) is 2.12. The van der Waals surface area contributed by atoms with Crippen molar-refractivity contribution in [3.63, 3.8) is 0 Å². The van der Waals surface area contributed by atoms with Gasteiger partial charge in [-0.3, -0.25) is 4.79 Å². The highest BCUT2D eigenvalue weighted by Crippen LogP contribution is 2.50. The summed E-state index contributed by atoms with van der Waals surface area (Å²) in [5.74, 6) is 0.755. The molecule has 23 heavy (non-hydrogen) atoms. The van der Waals surface area contributed by atoms with Gasteiger partial charge >= 0.3 is 0 Å². The van der Waals surface area contributed by atoms with E-state index in [1.807, 2.05) is 30.0 Å². The molecule has 1 N–H and O–H groups in total. The average molecular weight is 319 g/mol. The van der Waals surface area contributed by atoms with Gasteiger partial charge in [0.2, 0.25) is 0 Å². The second-order valence-electron chi connectivity index (χ2n) is 6.46. The Morgan fingerprint density at radius 1 is 1.39 bits per heavy atom. The molecule has 5 heteroatoms. The van der Waals surface area contributed by atoms with Crippen molar-refractivity contribution in [3.8, 4) is 5.75 Å². The predicted octanol–water partition coefficient (Wildman–Crippen LogP) is 2.09. The summed E-state index contributed by atoms with van der Waals surface area (Å²) in [6.45, 7) is 3.83. The molecule has 1 aromatic carbocycles. The lowest BCUT2D eigenvalue weighted by Gasteiger charge is -2.56. The van der Waals surface area contributed by atoms with Gasteiger partial charge in [0.15, 0.2) is 0 Å². The Morgan fingerprint density at radius 2 is 2.13 bits per heavy atom. The summed E-state index contributed by atoms with van der Waals surface area (Å²) in [5.41, 5.74) is 0.503. The van der Waals surface area contributed by atoms with Crippen molar-refractivity contribution in [2.24, 2.45) is 5.41 Å². The van der Waals surface area contributed by atoms with Crippen molar-refractivity contribution in [2.45, 2.75) is 38.4 Å². The molecule has 1 aliphatic heterocycles. The summed E-state index contributed by atoms with van der Waals surface area (Å²) in [7, 11) is 1.70. The van der Waals surface area contributed by atoms with Gasteiger partial charge in [-0.15, -0.1) is 0 Å². The van der Waals surface area contributed by atoms with Crippen LogP contribution >= 0.6 is 0 Å². The molecule has 5 nitrogen and oxygen atoms in total. The first-order valence-corrected chi connectivity index (χ1v) is 8.33. The van der Waals surface area contributed by atoms with Crippen LogP contribution in [0.25, 0.3) is 0 Å². The number of aliphatic hydroxyl groups excluding tert-OH is 1. The number of carbonyl (C=O) groups is 1. The number of rotatable bonds is 4. The van der Waals surface area contributed by atoms with E-state index in [-0.39, 0.29) is 23.5 Å². The Labute approximate surface area is 137 Å². The Hall–Kier alpha value is -1.59. The largest absolute Gasteiger partial charge is 0.494 e. The monoisotopic (exact) mass is 319 g/mol. The number of likely N-dealkylation sites (tertiary alicyclic amines) is 1. The standard InChI is InChI=1S/C18H25NO4/c1-3-23-14-6-4-5-13(11-14)17(21)19-9-7-18(8-10-19)15(20)12-16(18)22-2/h4-6,11,15-16,20H,3,7-10,12H2,1-2H3/t15-,16+/m0/s1. The van der Waals surface area contributed by atoms with Crippen molar-refractivity contribution in [1.82, 2.24) is 4.90 Å². The fraction of sp³-hybridized carbons (Fsp3) is 0.611. The molecular weight excluding hydrogens is 294 g/mol. The highest BCUT2D eigenvalue weighted by Gasteiger charge is 2.56. The average Bonchev–Trinajstić information content (AvgIpc) is 2.59. The van der Waals surface area contributed by atoms with E-state index in [0.29, 0.717) is 31.7 Å². The fourth-order valence-corrected chi connectivity index (χ4v) is 3.91. The van der Waals surface area contributed by atoms with Gasteiger partial charge in [0.05, 0.1) is 18.8 Å². The molecule has 2 aliphatic rings. The number of hydrogen-bond acceptors (Lipinski definition) is 4. The summed E-state index contributed by atoms with van der Waals surface area (Å²) in [4.78, 5) is 14.6. The zero-order valence-corrected chi connectivity index (χ0v) is 13.8. The van der Waals surface area contributed by atoms with Gasteiger partial charge in [-0.1, -0.05) is 6.07 Å². The molecule has 1 aliphatic carbocycles. The first-order chi connectivity index (χ1) is 11.1. The molecule has 1 saturated heterocycles. The quantitative estimate of drug-likeness (QED) is 0.923. The van der Waals surface area contributed by atoms with E-state index in [4.69, 9.17) is 9.47 Å². The number of piperidine rings is 1. The van der Waals surface area contributed by atoms with Crippen LogP contribution in [0.2, 0.25) is 0 Å². The molecule has 0 radical (unpaired) electrons. The lowest BCUT2D eigenvalue weighted by molar-refractivity contribution is -0.199. The highest BCUT2D eigenvalue weighted by molar-refractivity contribution is 5.94. The van der Waals surface area contributed by atoms with Gasteiger partial charge in [-0.05, 0) is 38.0 Å². The molecule has 126 valence electrons. The first-order valence-electron chi connectivity index (χ1n) is 8.33. The number of carbonyl (C=O) groups excluding carboxylic acids is 1. The minimum absolute atomic E-state index is 0.0317. The summed E-state index contributed by atoms with van der Waals surface area (Å²) in [6, 6.07) is 7.33. The number of hydrogen-bond donors (Lipinski definition) is 1. The van der Waals surface area contributed by atoms with Gasteiger partial charge in [-0.25, -0.2) is 0 Å². The van der Waals surface area contributed by atoms with E-state index in [0.717, 1.165) is 18.6 Å². The van der Waals surface area contributed by atoms with Gasteiger partial charge in [0.1, 0.15) is 5.75 Å². The molecule has 1 saturated carbocycles. The van der Waals surface area contributed by atoms with Crippen LogP contribution in [0.3, 0.4) is 0 Å². The van der Waals surface area contributed by atoms with Crippen LogP contribution in [0.15, 0.2) is 24.3 Å². The van der Waals surface area contributed by atoms with Crippen molar-refractivity contribution < 1.29 is 19.4 Å². The molecule has 0 aromatic heterocycles. The first kappa shape index (κ1) is 16.3. The maximum Gasteiger partial charge on any atom is 0.253 e. The molecule has 3 rings (SSSR count). The maximum absolute atomic E-state index is 12.7. The minimum atomic E-state index is -0.300. The van der Waals surface area contributed by atoms with Crippen molar-refractivity contribution in [3.05, 3.63) is 29.8 Å². The maximum atomic E-state index is 12.7. The number of amides is 1. The lowest BCUT2D eigenvalue weighted by atomic mass is 9.58. The number of aliphatic hydroxyl groups is 1. The SMILES string of the molecule is CCOc1cccc(C(=O)N2CCC3(CC2)[C@@H](O)C[C@H]3OC)c1. The molecule has 2 atom stereocenters. The van der Waals surface area contributed by atoms with E-state index in [9.17, 15) is 9.90 Å². The molecule has 2 fully saturated rings. The predicted molar refractivity (Wildman–Crippen MR) is 86.6 cm³/mol. The fourth-order valence-electron chi connectivity index (χ4n) is 3.91. The minimum Gasteiger partial charge on any atom is -0.494 e. The summed E-state index contributed by atoms with van der Waals surface area (Å²) < 4.78 is 11.0. The molecule has 1 aromatic rings. The van der Waals surface area contributed by atoms with Crippen molar-refractivity contribution in [2.75, 3.05) is 26.8 Å². The third-order valence-corrected chi connectivity index (χ3v) is 5.40. The van der Waals surface area contributed by atoms with Crippen LogP contribution in [-0.2, 0) is 4.74 Å².